The third kappa shape index (κ3) is 3.68. The first-order valence-electron chi connectivity index (χ1n) is 6.43. The molecule has 1 aromatic heterocycles. The molecule has 0 aromatic carbocycles. The number of aromatic nitrogens is 2. The first-order chi connectivity index (χ1) is 9.06. The molecule has 2 heterocycles. The van der Waals surface area contributed by atoms with Crippen molar-refractivity contribution < 1.29 is 13.6 Å². The fourth-order valence-corrected chi connectivity index (χ4v) is 2.39. The van der Waals surface area contributed by atoms with Crippen LogP contribution in [0.3, 0.4) is 0 Å². The number of rotatable bonds is 3. The molecule has 1 aliphatic rings. The van der Waals surface area contributed by atoms with Crippen LogP contribution in [0.5, 0.6) is 0 Å². The normalized spacial score (nSPS) is 19.8. The molecule has 1 atom stereocenters. The van der Waals surface area contributed by atoms with E-state index in [1.54, 1.807) is 17.9 Å². The molecule has 1 fully saturated rings. The minimum atomic E-state index is -2.31. The molecular formula is C13H17F2N3O. The molecule has 19 heavy (non-hydrogen) atoms. The Hall–Kier alpha value is -1.59. The Morgan fingerprint density at radius 2 is 2.37 bits per heavy atom. The van der Waals surface area contributed by atoms with Crippen molar-refractivity contribution in [2.24, 2.45) is 5.92 Å². The minimum absolute atomic E-state index is 0.123. The van der Waals surface area contributed by atoms with Crippen molar-refractivity contribution in [1.29, 1.82) is 0 Å². The summed E-state index contributed by atoms with van der Waals surface area (Å²) in [6, 6.07) is 1.71. The van der Waals surface area contributed by atoms with Gasteiger partial charge in [-0.05, 0) is 31.7 Å². The van der Waals surface area contributed by atoms with Gasteiger partial charge in [0.15, 0.2) is 0 Å². The van der Waals surface area contributed by atoms with Crippen LogP contribution in [0.1, 0.15) is 35.6 Å². The average molecular weight is 269 g/mol. The highest BCUT2D eigenvalue weighted by molar-refractivity contribution is 5.90. The smallest absolute Gasteiger partial charge is 0.291 e. The van der Waals surface area contributed by atoms with E-state index in [9.17, 15) is 13.6 Å². The Morgan fingerprint density at radius 1 is 1.58 bits per heavy atom. The number of likely N-dealkylation sites (tertiary alicyclic amines) is 1. The van der Waals surface area contributed by atoms with Crippen LogP contribution in [-0.4, -0.2) is 40.3 Å². The number of carbonyl (C=O) groups excluding carboxylic acids is 1. The van der Waals surface area contributed by atoms with E-state index in [1.165, 1.54) is 6.20 Å². The van der Waals surface area contributed by atoms with Crippen LogP contribution < -0.4 is 0 Å². The molecule has 1 unspecified atom stereocenters. The first kappa shape index (κ1) is 13.8. The molecule has 104 valence electrons. The van der Waals surface area contributed by atoms with E-state index >= 15 is 0 Å². The lowest BCUT2D eigenvalue weighted by Gasteiger charge is -2.32. The van der Waals surface area contributed by atoms with Crippen LogP contribution in [0.25, 0.3) is 0 Å². The number of piperidine rings is 1. The summed E-state index contributed by atoms with van der Waals surface area (Å²) in [5.41, 5.74) is 0.722. The zero-order valence-electron chi connectivity index (χ0n) is 10.9. The van der Waals surface area contributed by atoms with Crippen LogP contribution in [0.4, 0.5) is 8.78 Å². The second kappa shape index (κ2) is 6.04. The Bertz CT molecular complexity index is 453. The van der Waals surface area contributed by atoms with Crippen molar-refractivity contribution in [2.45, 2.75) is 32.6 Å². The van der Waals surface area contributed by atoms with Gasteiger partial charge < -0.3 is 4.90 Å². The van der Waals surface area contributed by atoms with E-state index in [0.717, 1.165) is 18.5 Å². The second-order valence-corrected chi connectivity index (χ2v) is 4.91. The molecule has 0 N–H and O–H groups in total. The quantitative estimate of drug-likeness (QED) is 0.845. The Balaban J connectivity index is 2.03. The van der Waals surface area contributed by atoms with Crippen molar-refractivity contribution in [3.8, 4) is 0 Å². The lowest BCUT2D eigenvalue weighted by Crippen LogP contribution is -2.41. The summed E-state index contributed by atoms with van der Waals surface area (Å²) in [6.45, 7) is 2.75. The zero-order chi connectivity index (χ0) is 13.8. The van der Waals surface area contributed by atoms with Crippen molar-refractivity contribution in [1.82, 2.24) is 14.9 Å². The number of alkyl halides is 2. The summed E-state index contributed by atoms with van der Waals surface area (Å²) in [5.74, 6) is -0.233. The predicted molar refractivity (Wildman–Crippen MR) is 66.0 cm³/mol. The number of hydrogen-bond acceptors (Lipinski definition) is 3. The van der Waals surface area contributed by atoms with Gasteiger partial charge in [-0.2, -0.15) is 0 Å². The van der Waals surface area contributed by atoms with Gasteiger partial charge in [-0.1, -0.05) is 0 Å². The summed E-state index contributed by atoms with van der Waals surface area (Å²) in [7, 11) is 0. The maximum atomic E-state index is 12.4. The van der Waals surface area contributed by atoms with Crippen LogP contribution in [0.2, 0.25) is 0 Å². The van der Waals surface area contributed by atoms with Gasteiger partial charge in [-0.15, -0.1) is 0 Å². The fraction of sp³-hybridized carbons (Fsp3) is 0.615. The molecule has 0 spiro atoms. The van der Waals surface area contributed by atoms with E-state index in [1.807, 2.05) is 0 Å². The number of halogens is 2. The number of nitrogens with zero attached hydrogens (tertiary/aromatic N) is 3. The Kier molecular flexibility index (Phi) is 4.39. The third-order valence-electron chi connectivity index (χ3n) is 3.30. The number of amides is 1. The van der Waals surface area contributed by atoms with Crippen molar-refractivity contribution in [3.63, 3.8) is 0 Å². The molecule has 1 saturated heterocycles. The van der Waals surface area contributed by atoms with Gasteiger partial charge in [0.25, 0.3) is 5.91 Å². The van der Waals surface area contributed by atoms with Crippen LogP contribution in [-0.2, 0) is 0 Å². The molecule has 0 saturated carbocycles. The topological polar surface area (TPSA) is 46.1 Å². The number of hydrogen-bond donors (Lipinski definition) is 0. The summed E-state index contributed by atoms with van der Waals surface area (Å²) >= 11 is 0. The van der Waals surface area contributed by atoms with Crippen LogP contribution >= 0.6 is 0 Å². The lowest BCUT2D eigenvalue weighted by molar-refractivity contribution is 0.0549. The van der Waals surface area contributed by atoms with Gasteiger partial charge in [0.05, 0.1) is 0 Å². The van der Waals surface area contributed by atoms with Gasteiger partial charge in [-0.25, -0.2) is 18.7 Å². The summed E-state index contributed by atoms with van der Waals surface area (Å²) in [6.07, 6.45) is 0.599. The largest absolute Gasteiger partial charge is 0.336 e. The molecule has 6 heteroatoms. The molecule has 4 nitrogen and oxygen atoms in total. The van der Waals surface area contributed by atoms with Gasteiger partial charge in [-0.3, -0.25) is 4.79 Å². The zero-order valence-corrected chi connectivity index (χ0v) is 10.9. The number of aryl methyl sites for hydroxylation is 1. The predicted octanol–water partition coefficient (Wildman–Crippen LogP) is 2.29. The summed E-state index contributed by atoms with van der Waals surface area (Å²) < 4.78 is 24.8. The molecule has 0 bridgehead atoms. The Morgan fingerprint density at radius 3 is 3.05 bits per heavy atom. The minimum Gasteiger partial charge on any atom is -0.336 e. The summed E-state index contributed by atoms with van der Waals surface area (Å²) in [5, 5.41) is 0. The van der Waals surface area contributed by atoms with Crippen molar-refractivity contribution >= 4 is 5.91 Å². The molecular weight excluding hydrogens is 252 g/mol. The average Bonchev–Trinajstić information content (AvgIpc) is 2.37. The van der Waals surface area contributed by atoms with E-state index < -0.39 is 6.43 Å². The molecule has 1 aromatic rings. The van der Waals surface area contributed by atoms with Crippen molar-refractivity contribution in [3.05, 3.63) is 23.8 Å². The van der Waals surface area contributed by atoms with Gasteiger partial charge in [0.1, 0.15) is 0 Å². The lowest BCUT2D eigenvalue weighted by atomic mass is 9.95. The van der Waals surface area contributed by atoms with Gasteiger partial charge >= 0.3 is 0 Å². The molecule has 1 amide bonds. The molecule has 2 rings (SSSR count). The second-order valence-electron chi connectivity index (χ2n) is 4.91. The van der Waals surface area contributed by atoms with Crippen LogP contribution in [0, 0.1) is 12.8 Å². The van der Waals surface area contributed by atoms with Crippen molar-refractivity contribution in [2.75, 3.05) is 13.1 Å². The highest BCUT2D eigenvalue weighted by Crippen LogP contribution is 2.23. The summed E-state index contributed by atoms with van der Waals surface area (Å²) in [4.78, 5) is 21.8. The molecule has 1 aliphatic heterocycles. The monoisotopic (exact) mass is 269 g/mol. The molecule has 0 radical (unpaired) electrons. The Labute approximate surface area is 110 Å². The van der Waals surface area contributed by atoms with E-state index in [2.05, 4.69) is 9.97 Å². The highest BCUT2D eigenvalue weighted by Gasteiger charge is 2.27. The standard InChI is InChI=1S/C13H17F2N3O/c1-9-4-5-16-12(17-9)13(19)18-6-2-3-10(8-18)7-11(14)15/h4-5,10-11H,2-3,6-8H2,1H3. The van der Waals surface area contributed by atoms with Crippen LogP contribution in [0.15, 0.2) is 12.3 Å². The molecule has 0 aliphatic carbocycles. The SMILES string of the molecule is Cc1ccnc(C(=O)N2CCCC(CC(F)F)C2)n1. The van der Waals surface area contributed by atoms with E-state index in [0.29, 0.717) is 13.1 Å². The third-order valence-corrected chi connectivity index (χ3v) is 3.30. The highest BCUT2D eigenvalue weighted by atomic mass is 19.3. The fourth-order valence-electron chi connectivity index (χ4n) is 2.39. The number of carbonyl (C=O) groups is 1. The van der Waals surface area contributed by atoms with E-state index in [-0.39, 0.29) is 24.1 Å². The maximum absolute atomic E-state index is 12.4. The first-order valence-corrected chi connectivity index (χ1v) is 6.43. The maximum Gasteiger partial charge on any atom is 0.291 e. The van der Waals surface area contributed by atoms with Gasteiger partial charge in [0.2, 0.25) is 12.2 Å². The van der Waals surface area contributed by atoms with Gasteiger partial charge in [0, 0.05) is 31.4 Å². The van der Waals surface area contributed by atoms with E-state index in [4.69, 9.17) is 0 Å².